The summed E-state index contributed by atoms with van der Waals surface area (Å²) >= 11 is 0. The summed E-state index contributed by atoms with van der Waals surface area (Å²) in [6.07, 6.45) is 0. The summed E-state index contributed by atoms with van der Waals surface area (Å²) < 4.78 is 0. The summed E-state index contributed by atoms with van der Waals surface area (Å²) in [5.74, 6) is 0. The number of nitrogens with one attached hydrogen (secondary N) is 2. The fraction of sp³-hybridized carbons (Fsp3) is 0.278. The van der Waals surface area contributed by atoms with Crippen LogP contribution in [-0.2, 0) is 6.54 Å². The van der Waals surface area contributed by atoms with Crippen molar-refractivity contribution in [1.29, 1.82) is 0 Å². The normalized spacial score (nSPS) is 10.2. The van der Waals surface area contributed by atoms with Crippen LogP contribution >= 0.6 is 0 Å². The molecule has 22 heavy (non-hydrogen) atoms. The van der Waals surface area contributed by atoms with Crippen molar-refractivity contribution in [1.82, 2.24) is 5.32 Å². The summed E-state index contributed by atoms with van der Waals surface area (Å²) in [6, 6.07) is 13.8. The van der Waals surface area contributed by atoms with Crippen LogP contribution in [0.1, 0.15) is 16.7 Å². The Morgan fingerprint density at radius 1 is 1.05 bits per heavy atom. The van der Waals surface area contributed by atoms with E-state index in [1.807, 2.05) is 75.3 Å². The Kier molecular flexibility index (Phi) is 5.04. The van der Waals surface area contributed by atoms with E-state index in [0.29, 0.717) is 6.54 Å². The molecule has 0 heterocycles. The fourth-order valence-electron chi connectivity index (χ4n) is 2.15. The Morgan fingerprint density at radius 3 is 2.36 bits per heavy atom. The molecule has 2 rings (SSSR count). The van der Waals surface area contributed by atoms with Crippen molar-refractivity contribution in [3.8, 4) is 0 Å². The molecule has 0 fully saturated rings. The molecule has 0 spiro atoms. The lowest BCUT2D eigenvalue weighted by Crippen LogP contribution is -2.28. The van der Waals surface area contributed by atoms with Gasteiger partial charge in [-0.2, -0.15) is 0 Å². The molecule has 0 aromatic heterocycles. The molecule has 0 radical (unpaired) electrons. The van der Waals surface area contributed by atoms with Gasteiger partial charge in [0.25, 0.3) is 0 Å². The highest BCUT2D eigenvalue weighted by molar-refractivity contribution is 5.90. The zero-order valence-corrected chi connectivity index (χ0v) is 13.6. The van der Waals surface area contributed by atoms with Gasteiger partial charge >= 0.3 is 6.03 Å². The monoisotopic (exact) mass is 297 g/mol. The van der Waals surface area contributed by atoms with Crippen molar-refractivity contribution < 1.29 is 4.79 Å². The van der Waals surface area contributed by atoms with Gasteiger partial charge in [0.15, 0.2) is 0 Å². The number of aryl methyl sites for hydroxylation is 1. The number of rotatable bonds is 4. The lowest BCUT2D eigenvalue weighted by Gasteiger charge is -2.13. The van der Waals surface area contributed by atoms with Crippen LogP contribution in [0.25, 0.3) is 0 Å². The zero-order chi connectivity index (χ0) is 16.1. The van der Waals surface area contributed by atoms with Crippen LogP contribution in [0.4, 0.5) is 16.2 Å². The maximum absolute atomic E-state index is 12.0. The molecular formula is C18H23N3O. The summed E-state index contributed by atoms with van der Waals surface area (Å²) in [6.45, 7) is 4.54. The van der Waals surface area contributed by atoms with Crippen molar-refractivity contribution >= 4 is 17.4 Å². The van der Waals surface area contributed by atoms with E-state index in [1.54, 1.807) is 0 Å². The summed E-state index contributed by atoms with van der Waals surface area (Å²) in [5, 5.41) is 5.77. The first kappa shape index (κ1) is 15.9. The van der Waals surface area contributed by atoms with Crippen molar-refractivity contribution in [2.45, 2.75) is 20.4 Å². The average molecular weight is 297 g/mol. The molecule has 0 atom stereocenters. The van der Waals surface area contributed by atoms with Gasteiger partial charge in [-0.3, -0.25) is 0 Å². The molecule has 0 unspecified atom stereocenters. The number of amides is 2. The van der Waals surface area contributed by atoms with Gasteiger partial charge in [-0.25, -0.2) is 4.79 Å². The van der Waals surface area contributed by atoms with Crippen LogP contribution in [0.2, 0.25) is 0 Å². The molecule has 0 saturated heterocycles. The number of hydrogen-bond acceptors (Lipinski definition) is 2. The number of nitrogens with zero attached hydrogens (tertiary/aromatic N) is 1. The highest BCUT2D eigenvalue weighted by Gasteiger charge is 2.05. The minimum Gasteiger partial charge on any atom is -0.378 e. The van der Waals surface area contributed by atoms with Gasteiger partial charge in [0, 0.05) is 32.0 Å². The Bertz CT molecular complexity index is 648. The number of hydrogen-bond donors (Lipinski definition) is 2. The van der Waals surface area contributed by atoms with E-state index in [2.05, 4.69) is 10.6 Å². The third-order valence-electron chi connectivity index (χ3n) is 3.76. The van der Waals surface area contributed by atoms with E-state index in [0.717, 1.165) is 28.1 Å². The topological polar surface area (TPSA) is 44.4 Å². The number of benzene rings is 2. The maximum Gasteiger partial charge on any atom is 0.319 e. The molecular weight excluding hydrogens is 274 g/mol. The minimum absolute atomic E-state index is 0.189. The van der Waals surface area contributed by atoms with Gasteiger partial charge in [-0.05, 0) is 48.7 Å². The smallest absolute Gasteiger partial charge is 0.319 e. The van der Waals surface area contributed by atoms with Crippen molar-refractivity contribution in [3.63, 3.8) is 0 Å². The zero-order valence-electron chi connectivity index (χ0n) is 13.6. The average Bonchev–Trinajstić information content (AvgIpc) is 2.50. The molecule has 2 N–H and O–H groups in total. The second-order valence-electron chi connectivity index (χ2n) is 5.62. The van der Waals surface area contributed by atoms with Crippen molar-refractivity contribution in [2.75, 3.05) is 24.3 Å². The molecule has 0 aliphatic carbocycles. The fourth-order valence-corrected chi connectivity index (χ4v) is 2.15. The van der Waals surface area contributed by atoms with E-state index in [1.165, 1.54) is 0 Å². The van der Waals surface area contributed by atoms with E-state index in [4.69, 9.17) is 0 Å². The van der Waals surface area contributed by atoms with Gasteiger partial charge < -0.3 is 15.5 Å². The van der Waals surface area contributed by atoms with Crippen LogP contribution in [0.3, 0.4) is 0 Å². The number of anilines is 2. The highest BCUT2D eigenvalue weighted by Crippen LogP contribution is 2.17. The molecule has 116 valence electrons. The molecule has 4 nitrogen and oxygen atoms in total. The van der Waals surface area contributed by atoms with E-state index >= 15 is 0 Å². The first-order valence-corrected chi connectivity index (χ1v) is 7.34. The van der Waals surface area contributed by atoms with Crippen molar-refractivity contribution in [2.24, 2.45) is 0 Å². The third-order valence-corrected chi connectivity index (χ3v) is 3.76. The Hall–Kier alpha value is -2.49. The minimum atomic E-state index is -0.189. The molecule has 2 amide bonds. The van der Waals surface area contributed by atoms with Gasteiger partial charge in [0.05, 0.1) is 0 Å². The van der Waals surface area contributed by atoms with Gasteiger partial charge in [-0.1, -0.05) is 24.3 Å². The summed E-state index contributed by atoms with van der Waals surface area (Å²) in [5.41, 5.74) is 5.32. The number of carbonyl (C=O) groups excluding carboxylic acids is 1. The maximum atomic E-state index is 12.0. The Balaban J connectivity index is 1.91. The van der Waals surface area contributed by atoms with E-state index in [-0.39, 0.29) is 6.03 Å². The predicted molar refractivity (Wildman–Crippen MR) is 92.5 cm³/mol. The lowest BCUT2D eigenvalue weighted by molar-refractivity contribution is 0.251. The van der Waals surface area contributed by atoms with E-state index in [9.17, 15) is 4.79 Å². The van der Waals surface area contributed by atoms with Crippen LogP contribution in [0.15, 0.2) is 42.5 Å². The molecule has 2 aromatic carbocycles. The lowest BCUT2D eigenvalue weighted by atomic mass is 10.1. The second-order valence-corrected chi connectivity index (χ2v) is 5.62. The quantitative estimate of drug-likeness (QED) is 0.904. The van der Waals surface area contributed by atoms with Crippen LogP contribution < -0.4 is 15.5 Å². The van der Waals surface area contributed by atoms with Gasteiger partial charge in [0.1, 0.15) is 0 Å². The molecule has 0 saturated carbocycles. The SMILES string of the molecule is Cc1cccc(NC(=O)NCc2ccc(N(C)C)cc2)c1C. The van der Waals surface area contributed by atoms with Gasteiger partial charge in [0.2, 0.25) is 0 Å². The van der Waals surface area contributed by atoms with Crippen LogP contribution in [-0.4, -0.2) is 20.1 Å². The summed E-state index contributed by atoms with van der Waals surface area (Å²) in [4.78, 5) is 14.0. The second kappa shape index (κ2) is 6.98. The molecule has 2 aromatic rings. The van der Waals surface area contributed by atoms with E-state index < -0.39 is 0 Å². The molecule has 0 aliphatic rings. The standard InChI is InChI=1S/C18H23N3O/c1-13-6-5-7-17(14(13)2)20-18(22)19-12-15-8-10-16(11-9-15)21(3)4/h5-11H,12H2,1-4H3,(H2,19,20,22). The first-order valence-electron chi connectivity index (χ1n) is 7.34. The summed E-state index contributed by atoms with van der Waals surface area (Å²) in [7, 11) is 4.01. The Labute approximate surface area is 132 Å². The van der Waals surface area contributed by atoms with Crippen LogP contribution in [0, 0.1) is 13.8 Å². The predicted octanol–water partition coefficient (Wildman–Crippen LogP) is 3.69. The number of carbonyl (C=O) groups is 1. The largest absolute Gasteiger partial charge is 0.378 e. The highest BCUT2D eigenvalue weighted by atomic mass is 16.2. The van der Waals surface area contributed by atoms with Crippen LogP contribution in [0.5, 0.6) is 0 Å². The molecule has 0 bridgehead atoms. The van der Waals surface area contributed by atoms with Gasteiger partial charge in [-0.15, -0.1) is 0 Å². The molecule has 4 heteroatoms. The number of urea groups is 1. The third kappa shape index (κ3) is 4.01. The first-order chi connectivity index (χ1) is 10.5. The Morgan fingerprint density at radius 2 is 1.73 bits per heavy atom. The molecule has 0 aliphatic heterocycles. The van der Waals surface area contributed by atoms with Crippen molar-refractivity contribution in [3.05, 3.63) is 59.2 Å².